The molecule has 34 heavy (non-hydrogen) atoms. The van der Waals surface area contributed by atoms with Gasteiger partial charge in [-0.15, -0.1) is 0 Å². The Kier molecular flexibility index (Phi) is 6.66. The van der Waals surface area contributed by atoms with Gasteiger partial charge < -0.3 is 14.1 Å². The molecular formula is C23H22ClFN2O6S. The van der Waals surface area contributed by atoms with Crippen molar-refractivity contribution in [3.05, 3.63) is 63.7 Å². The normalized spacial score (nSPS) is 17.5. The number of hydrogen-bond donors (Lipinski definition) is 1. The van der Waals surface area contributed by atoms with E-state index in [0.717, 1.165) is 0 Å². The first kappa shape index (κ1) is 24.2. The number of primary sulfonamides is 1. The second kappa shape index (κ2) is 9.36. The van der Waals surface area contributed by atoms with Gasteiger partial charge in [-0.2, -0.15) is 0 Å². The molecule has 1 saturated heterocycles. The third kappa shape index (κ3) is 4.94. The summed E-state index contributed by atoms with van der Waals surface area (Å²) in [7, 11) is -3.75. The molecule has 1 amide bonds. The van der Waals surface area contributed by atoms with Gasteiger partial charge in [0.15, 0.2) is 6.10 Å². The Morgan fingerprint density at radius 1 is 1.26 bits per heavy atom. The predicted molar refractivity (Wildman–Crippen MR) is 126 cm³/mol. The molecule has 8 nitrogen and oxygen atoms in total. The molecule has 3 aromatic rings. The van der Waals surface area contributed by atoms with Crippen LogP contribution in [0.5, 0.6) is 5.75 Å². The summed E-state index contributed by atoms with van der Waals surface area (Å²) < 4.78 is 48.4. The van der Waals surface area contributed by atoms with Crippen molar-refractivity contribution in [3.8, 4) is 16.9 Å². The fourth-order valence-corrected chi connectivity index (χ4v) is 5.18. The number of nitrogens with zero attached hydrogens (tertiary/aromatic N) is 1. The number of sulfonamides is 1. The molecular weight excluding hydrogens is 487 g/mol. The third-order valence-electron chi connectivity index (χ3n) is 5.77. The summed E-state index contributed by atoms with van der Waals surface area (Å²) in [6.45, 7) is 1.96. The van der Waals surface area contributed by atoms with Crippen LogP contribution in [-0.4, -0.2) is 43.7 Å². The van der Waals surface area contributed by atoms with E-state index >= 15 is 0 Å². The van der Waals surface area contributed by atoms with E-state index in [1.807, 2.05) is 0 Å². The number of hydrogen-bond acceptors (Lipinski definition) is 6. The number of carbonyl (C=O) groups is 1. The highest BCUT2D eigenvalue weighted by Crippen LogP contribution is 2.35. The van der Waals surface area contributed by atoms with Gasteiger partial charge in [0.2, 0.25) is 10.0 Å². The largest absolute Gasteiger partial charge is 0.481 e. The Balaban J connectivity index is 1.59. The van der Waals surface area contributed by atoms with Gasteiger partial charge in [-0.25, -0.2) is 22.7 Å². The number of ether oxygens (including phenoxy) is 1. The molecule has 0 saturated carbocycles. The topological polar surface area (TPSA) is 120 Å². The molecule has 2 heterocycles. The lowest BCUT2D eigenvalue weighted by molar-refractivity contribution is -0.138. The average molecular weight is 509 g/mol. The van der Waals surface area contributed by atoms with E-state index in [-0.39, 0.29) is 28.8 Å². The van der Waals surface area contributed by atoms with Gasteiger partial charge in [0.05, 0.1) is 10.3 Å². The lowest BCUT2D eigenvalue weighted by Gasteiger charge is -2.33. The Morgan fingerprint density at radius 3 is 2.76 bits per heavy atom. The quantitative estimate of drug-likeness (QED) is 0.528. The molecule has 11 heteroatoms. The molecule has 1 aromatic heterocycles. The molecule has 2 atom stereocenters. The van der Waals surface area contributed by atoms with E-state index in [0.29, 0.717) is 35.9 Å². The van der Waals surface area contributed by atoms with Crippen molar-refractivity contribution in [1.29, 1.82) is 0 Å². The van der Waals surface area contributed by atoms with E-state index in [4.69, 9.17) is 25.9 Å². The Labute approximate surface area is 200 Å². The van der Waals surface area contributed by atoms with Crippen molar-refractivity contribution in [2.75, 3.05) is 13.1 Å². The molecule has 0 spiro atoms. The minimum absolute atomic E-state index is 0.00964. The van der Waals surface area contributed by atoms with Crippen molar-refractivity contribution in [2.45, 2.75) is 31.1 Å². The van der Waals surface area contributed by atoms with E-state index in [9.17, 15) is 22.4 Å². The van der Waals surface area contributed by atoms with Gasteiger partial charge in [-0.1, -0.05) is 23.7 Å². The summed E-state index contributed by atoms with van der Waals surface area (Å²) in [6, 6.07) is 10.2. The van der Waals surface area contributed by atoms with Crippen LogP contribution in [-0.2, 0) is 14.8 Å². The van der Waals surface area contributed by atoms with Crippen LogP contribution in [0, 0.1) is 5.82 Å². The third-order valence-corrected chi connectivity index (χ3v) is 7.47. The smallest absolute Gasteiger partial charge is 0.336 e. The van der Waals surface area contributed by atoms with Crippen LogP contribution < -0.4 is 15.5 Å². The number of benzene rings is 2. The standard InChI is InChI=1S/C23H22ClFN2O6S/c1-13(23(29)27-9-3-4-15(12-27)34(26,30)31)32-14-7-8-16-18(11-21(28)33-20(16)10-14)17-5-2-6-19(25)22(17)24/h2,5-8,10-11,13,15H,3-4,9,12H2,1H3,(H2,26,30,31). The Hall–Kier alpha value is -2.95. The van der Waals surface area contributed by atoms with Crippen LogP contribution >= 0.6 is 11.6 Å². The van der Waals surface area contributed by atoms with E-state index in [1.165, 1.54) is 29.2 Å². The number of nitrogens with two attached hydrogens (primary N) is 1. The van der Waals surface area contributed by atoms with Crippen molar-refractivity contribution in [3.63, 3.8) is 0 Å². The maximum atomic E-state index is 14.0. The van der Waals surface area contributed by atoms with Crippen LogP contribution in [0.1, 0.15) is 19.8 Å². The van der Waals surface area contributed by atoms with Crippen LogP contribution in [0.15, 0.2) is 51.7 Å². The molecule has 2 N–H and O–H groups in total. The number of amides is 1. The summed E-state index contributed by atoms with van der Waals surface area (Å²) >= 11 is 6.11. The minimum Gasteiger partial charge on any atom is -0.481 e. The molecule has 2 unspecified atom stereocenters. The lowest BCUT2D eigenvalue weighted by Crippen LogP contribution is -2.50. The first-order chi connectivity index (χ1) is 16.0. The van der Waals surface area contributed by atoms with Gasteiger partial charge in [0.1, 0.15) is 17.1 Å². The molecule has 180 valence electrons. The van der Waals surface area contributed by atoms with E-state index < -0.39 is 32.8 Å². The van der Waals surface area contributed by atoms with Gasteiger partial charge in [0, 0.05) is 41.7 Å². The fourth-order valence-electron chi connectivity index (χ4n) is 4.07. The number of fused-ring (bicyclic) bond motifs is 1. The van der Waals surface area contributed by atoms with Crippen LogP contribution in [0.3, 0.4) is 0 Å². The van der Waals surface area contributed by atoms with Gasteiger partial charge in [-0.3, -0.25) is 4.79 Å². The summed E-state index contributed by atoms with van der Waals surface area (Å²) in [5.74, 6) is -0.732. The first-order valence-electron chi connectivity index (χ1n) is 10.5. The SMILES string of the molecule is CC(Oc1ccc2c(-c3cccc(F)c3Cl)cc(=O)oc2c1)C(=O)N1CCCC(S(N)(=O)=O)C1. The number of rotatable bonds is 5. The second-order valence-electron chi connectivity index (χ2n) is 8.14. The number of halogens is 2. The molecule has 0 bridgehead atoms. The zero-order valence-corrected chi connectivity index (χ0v) is 19.7. The van der Waals surface area contributed by atoms with E-state index in [2.05, 4.69) is 0 Å². The van der Waals surface area contributed by atoms with Gasteiger partial charge in [0.25, 0.3) is 5.91 Å². The maximum Gasteiger partial charge on any atom is 0.336 e. The summed E-state index contributed by atoms with van der Waals surface area (Å²) in [5.41, 5.74) is 0.249. The molecule has 0 radical (unpaired) electrons. The Morgan fingerprint density at radius 2 is 2.03 bits per heavy atom. The molecule has 4 rings (SSSR count). The highest BCUT2D eigenvalue weighted by atomic mass is 35.5. The van der Waals surface area contributed by atoms with Crippen molar-refractivity contribution in [2.24, 2.45) is 5.14 Å². The summed E-state index contributed by atoms with van der Waals surface area (Å²) in [5, 5.41) is 4.83. The molecule has 1 fully saturated rings. The highest BCUT2D eigenvalue weighted by molar-refractivity contribution is 7.89. The van der Waals surface area contributed by atoms with Gasteiger partial charge >= 0.3 is 5.63 Å². The van der Waals surface area contributed by atoms with Crippen molar-refractivity contribution in [1.82, 2.24) is 4.90 Å². The number of carbonyl (C=O) groups excluding carboxylic acids is 1. The van der Waals surface area contributed by atoms with Crippen molar-refractivity contribution < 1.29 is 26.8 Å². The molecule has 1 aliphatic heterocycles. The number of likely N-dealkylation sites (tertiary alicyclic amines) is 1. The molecule has 0 aliphatic carbocycles. The molecule has 2 aromatic carbocycles. The van der Waals surface area contributed by atoms with Crippen LogP contribution in [0.2, 0.25) is 5.02 Å². The average Bonchev–Trinajstić information content (AvgIpc) is 2.79. The zero-order chi connectivity index (χ0) is 24.6. The van der Waals surface area contributed by atoms with Crippen molar-refractivity contribution >= 4 is 38.5 Å². The van der Waals surface area contributed by atoms with E-state index in [1.54, 1.807) is 25.1 Å². The van der Waals surface area contributed by atoms with Gasteiger partial charge in [-0.05, 0) is 38.0 Å². The first-order valence-corrected chi connectivity index (χ1v) is 12.5. The monoisotopic (exact) mass is 508 g/mol. The zero-order valence-electron chi connectivity index (χ0n) is 18.2. The lowest BCUT2D eigenvalue weighted by atomic mass is 10.0. The predicted octanol–water partition coefficient (Wildman–Crippen LogP) is 3.30. The maximum absolute atomic E-state index is 14.0. The summed E-state index contributed by atoms with van der Waals surface area (Å²) in [4.78, 5) is 26.4. The highest BCUT2D eigenvalue weighted by Gasteiger charge is 2.32. The minimum atomic E-state index is -3.75. The fraction of sp³-hybridized carbons (Fsp3) is 0.304. The molecule has 1 aliphatic rings. The summed E-state index contributed by atoms with van der Waals surface area (Å²) in [6.07, 6.45) is -0.00467. The second-order valence-corrected chi connectivity index (χ2v) is 10.4. The Bertz CT molecular complexity index is 1420. The van der Waals surface area contributed by atoms with Crippen LogP contribution in [0.25, 0.3) is 22.1 Å². The number of piperidine rings is 1. The van der Waals surface area contributed by atoms with Crippen LogP contribution in [0.4, 0.5) is 4.39 Å².